The normalized spacial score (nSPS) is 50.0. The molecule has 0 aromatic carbocycles. The van der Waals surface area contributed by atoms with Crippen molar-refractivity contribution in [2.45, 2.75) is 61.7 Å². The van der Waals surface area contributed by atoms with Gasteiger partial charge in [0.2, 0.25) is 0 Å². The molecule has 0 bridgehead atoms. The summed E-state index contributed by atoms with van der Waals surface area (Å²) in [6.07, 6.45) is -12.2. The van der Waals surface area contributed by atoms with Gasteiger partial charge in [0.25, 0.3) is 0 Å². The molecule has 0 radical (unpaired) electrons. The van der Waals surface area contributed by atoms with Crippen molar-refractivity contribution >= 4 is 0 Å². The van der Waals surface area contributed by atoms with Crippen LogP contribution in [0.15, 0.2) is 0 Å². The SMILES string of the molecule is OC[C@H]1O[C@@H](O)[C@H](O)[C@@H](O[C@@H]2O[C@H](CO)[C@@H](O)C[C@H]2O)[C@@H]1O. The van der Waals surface area contributed by atoms with E-state index in [1.807, 2.05) is 0 Å². The minimum atomic E-state index is -1.69. The lowest BCUT2D eigenvalue weighted by Crippen LogP contribution is -2.62. The third-order valence-corrected chi connectivity index (χ3v) is 3.85. The van der Waals surface area contributed by atoms with Crippen molar-refractivity contribution in [3.63, 3.8) is 0 Å². The molecule has 0 aromatic heterocycles. The highest BCUT2D eigenvalue weighted by molar-refractivity contribution is 4.91. The van der Waals surface area contributed by atoms with Crippen LogP contribution in [-0.2, 0) is 14.2 Å². The molecule has 0 saturated carbocycles. The van der Waals surface area contributed by atoms with Gasteiger partial charge in [-0.1, -0.05) is 0 Å². The summed E-state index contributed by atoms with van der Waals surface area (Å²) in [7, 11) is 0. The lowest BCUT2D eigenvalue weighted by molar-refractivity contribution is -0.344. The molecule has 2 heterocycles. The van der Waals surface area contributed by atoms with Crippen LogP contribution in [-0.4, -0.2) is 104 Å². The fraction of sp³-hybridized carbons (Fsp3) is 1.00. The van der Waals surface area contributed by atoms with E-state index in [1.54, 1.807) is 0 Å². The lowest BCUT2D eigenvalue weighted by Gasteiger charge is -2.43. The first-order valence-corrected chi connectivity index (χ1v) is 6.97. The van der Waals surface area contributed by atoms with Gasteiger partial charge in [0.15, 0.2) is 12.6 Å². The molecule has 7 N–H and O–H groups in total. The van der Waals surface area contributed by atoms with Crippen molar-refractivity contribution in [3.8, 4) is 0 Å². The Bertz CT molecular complexity index is 355. The predicted octanol–water partition coefficient (Wildman–Crippen LogP) is -4.37. The van der Waals surface area contributed by atoms with E-state index in [-0.39, 0.29) is 6.42 Å². The topological polar surface area (TPSA) is 169 Å². The monoisotopic (exact) mass is 326 g/mol. The molecule has 9 atom stereocenters. The van der Waals surface area contributed by atoms with Gasteiger partial charge in [-0.2, -0.15) is 0 Å². The quantitative estimate of drug-likeness (QED) is 0.268. The summed E-state index contributed by atoms with van der Waals surface area (Å²) < 4.78 is 15.3. The van der Waals surface area contributed by atoms with Gasteiger partial charge in [0, 0.05) is 6.42 Å². The lowest BCUT2D eigenvalue weighted by atomic mass is 9.98. The Hall–Kier alpha value is -0.400. The third-order valence-electron chi connectivity index (χ3n) is 3.85. The third kappa shape index (κ3) is 3.57. The van der Waals surface area contributed by atoms with Crippen LogP contribution in [0.1, 0.15) is 6.42 Å². The maximum absolute atomic E-state index is 9.99. The highest BCUT2D eigenvalue weighted by Gasteiger charge is 2.47. The summed E-state index contributed by atoms with van der Waals surface area (Å²) in [5.74, 6) is 0. The number of rotatable bonds is 4. The van der Waals surface area contributed by atoms with Crippen LogP contribution in [0.3, 0.4) is 0 Å². The Morgan fingerprint density at radius 3 is 2.05 bits per heavy atom. The fourth-order valence-corrected chi connectivity index (χ4v) is 2.53. The molecule has 2 aliphatic rings. The molecule has 10 nitrogen and oxygen atoms in total. The average Bonchev–Trinajstić information content (AvgIpc) is 2.49. The van der Waals surface area contributed by atoms with Crippen LogP contribution < -0.4 is 0 Å². The van der Waals surface area contributed by atoms with Gasteiger partial charge < -0.3 is 50.0 Å². The van der Waals surface area contributed by atoms with Gasteiger partial charge in [-0.15, -0.1) is 0 Å². The minimum Gasteiger partial charge on any atom is -0.394 e. The summed E-state index contributed by atoms with van der Waals surface area (Å²) >= 11 is 0. The molecule has 0 aromatic rings. The van der Waals surface area contributed by atoms with Crippen molar-refractivity contribution in [3.05, 3.63) is 0 Å². The molecule has 0 unspecified atom stereocenters. The Labute approximate surface area is 126 Å². The van der Waals surface area contributed by atoms with Crippen molar-refractivity contribution in [1.82, 2.24) is 0 Å². The molecule has 0 aliphatic carbocycles. The second-order valence-electron chi connectivity index (χ2n) is 5.43. The van der Waals surface area contributed by atoms with Crippen LogP contribution in [0.5, 0.6) is 0 Å². The second-order valence-corrected chi connectivity index (χ2v) is 5.43. The molecular weight excluding hydrogens is 304 g/mol. The van der Waals surface area contributed by atoms with Crippen LogP contribution in [0.4, 0.5) is 0 Å². The maximum Gasteiger partial charge on any atom is 0.184 e. The standard InChI is InChI=1S/C12H22O10/c13-2-6-4(15)1-5(16)12(21-6)22-10-8(17)7(3-14)20-11(19)9(10)18/h4-19H,1-3H2/t4-,5+,6+,7+,8+,9+,10-,11+,12-/m0/s1. The summed E-state index contributed by atoms with van der Waals surface area (Å²) in [6, 6.07) is 0. The molecule has 2 aliphatic heterocycles. The van der Waals surface area contributed by atoms with Crippen LogP contribution in [0.25, 0.3) is 0 Å². The van der Waals surface area contributed by atoms with Crippen molar-refractivity contribution in [1.29, 1.82) is 0 Å². The first-order valence-electron chi connectivity index (χ1n) is 6.97. The van der Waals surface area contributed by atoms with Crippen LogP contribution >= 0.6 is 0 Å². The number of hydrogen-bond acceptors (Lipinski definition) is 10. The second kappa shape index (κ2) is 7.45. The number of ether oxygens (including phenoxy) is 3. The van der Waals surface area contributed by atoms with Gasteiger partial charge in [-0.25, -0.2) is 0 Å². The van der Waals surface area contributed by atoms with Crippen molar-refractivity contribution in [2.75, 3.05) is 13.2 Å². The number of aliphatic hydroxyl groups is 7. The Balaban J connectivity index is 2.06. The van der Waals surface area contributed by atoms with Gasteiger partial charge in [0.1, 0.15) is 36.6 Å². The largest absolute Gasteiger partial charge is 0.394 e. The first kappa shape index (κ1) is 17.9. The van der Waals surface area contributed by atoms with E-state index in [4.69, 9.17) is 24.4 Å². The Kier molecular flexibility index (Phi) is 6.07. The van der Waals surface area contributed by atoms with Crippen molar-refractivity contribution < 1.29 is 50.0 Å². The van der Waals surface area contributed by atoms with Gasteiger partial charge in [0.05, 0.1) is 19.3 Å². The van der Waals surface area contributed by atoms with Crippen LogP contribution in [0, 0.1) is 0 Å². The minimum absolute atomic E-state index is 0.128. The summed E-state index contributed by atoms with van der Waals surface area (Å²) in [6.45, 7) is -1.12. The Morgan fingerprint density at radius 1 is 0.818 bits per heavy atom. The van der Waals surface area contributed by atoms with Gasteiger partial charge in [-0.3, -0.25) is 0 Å². The molecule has 2 saturated heterocycles. The van der Waals surface area contributed by atoms with E-state index < -0.39 is 68.5 Å². The van der Waals surface area contributed by atoms with E-state index >= 15 is 0 Å². The predicted molar refractivity (Wildman–Crippen MR) is 67.2 cm³/mol. The average molecular weight is 326 g/mol. The highest BCUT2D eigenvalue weighted by atomic mass is 16.7. The molecule has 2 fully saturated rings. The summed E-state index contributed by atoms with van der Waals surface area (Å²) in [5.41, 5.74) is 0. The molecular formula is C12H22O10. The number of hydrogen-bond donors (Lipinski definition) is 7. The van der Waals surface area contributed by atoms with E-state index in [1.165, 1.54) is 0 Å². The number of aliphatic hydroxyl groups excluding tert-OH is 7. The van der Waals surface area contributed by atoms with Gasteiger partial charge >= 0.3 is 0 Å². The molecule has 2 rings (SSSR count). The molecule has 130 valence electrons. The Morgan fingerprint density at radius 2 is 1.45 bits per heavy atom. The smallest absolute Gasteiger partial charge is 0.184 e. The van der Waals surface area contributed by atoms with E-state index in [2.05, 4.69) is 0 Å². The summed E-state index contributed by atoms with van der Waals surface area (Å²) in [4.78, 5) is 0. The van der Waals surface area contributed by atoms with Crippen molar-refractivity contribution in [2.24, 2.45) is 0 Å². The fourth-order valence-electron chi connectivity index (χ4n) is 2.53. The maximum atomic E-state index is 9.99. The highest BCUT2D eigenvalue weighted by Crippen LogP contribution is 2.28. The van der Waals surface area contributed by atoms with E-state index in [0.717, 1.165) is 0 Å². The summed E-state index contributed by atoms with van der Waals surface area (Å²) in [5, 5.41) is 67.0. The zero-order valence-corrected chi connectivity index (χ0v) is 11.7. The first-order chi connectivity index (χ1) is 10.4. The zero-order valence-electron chi connectivity index (χ0n) is 11.7. The van der Waals surface area contributed by atoms with Crippen LogP contribution in [0.2, 0.25) is 0 Å². The van der Waals surface area contributed by atoms with Gasteiger partial charge in [-0.05, 0) is 0 Å². The molecule has 0 spiro atoms. The van der Waals surface area contributed by atoms with E-state index in [0.29, 0.717) is 0 Å². The molecule has 22 heavy (non-hydrogen) atoms. The zero-order chi connectivity index (χ0) is 16.4. The van der Waals surface area contributed by atoms with E-state index in [9.17, 15) is 25.5 Å². The molecule has 10 heteroatoms. The molecule has 0 amide bonds.